The number of rotatable bonds is 7. The van der Waals surface area contributed by atoms with Crippen LogP contribution >= 0.6 is 0 Å². The maximum Gasteiger partial charge on any atom is 0.243 e. The van der Waals surface area contributed by atoms with Crippen LogP contribution in [-0.2, 0) is 16.6 Å². The van der Waals surface area contributed by atoms with Gasteiger partial charge in [-0.25, -0.2) is 21.9 Å². The average molecular weight is 308 g/mol. The number of halogens is 2. The zero-order valence-corrected chi connectivity index (χ0v) is 12.2. The fraction of sp³-hybridized carbons (Fsp3) is 0.500. The van der Waals surface area contributed by atoms with E-state index in [1.165, 1.54) is 0 Å². The second-order valence-electron chi connectivity index (χ2n) is 4.29. The second-order valence-corrected chi connectivity index (χ2v) is 6.03. The van der Waals surface area contributed by atoms with E-state index in [0.717, 1.165) is 18.7 Å². The van der Waals surface area contributed by atoms with Gasteiger partial charge in [0.1, 0.15) is 10.7 Å². The van der Waals surface area contributed by atoms with Crippen molar-refractivity contribution in [2.24, 2.45) is 0 Å². The van der Waals surface area contributed by atoms with Crippen molar-refractivity contribution in [3.8, 4) is 0 Å². The summed E-state index contributed by atoms with van der Waals surface area (Å²) in [6.45, 7) is 2.34. The molecule has 1 aromatic carbocycles. The number of likely N-dealkylation sites (N-methyl/N-ethyl adjacent to an activating group) is 1. The first-order valence-corrected chi connectivity index (χ1v) is 7.57. The predicted molar refractivity (Wildman–Crippen MR) is 70.6 cm³/mol. The van der Waals surface area contributed by atoms with E-state index in [4.69, 9.17) is 5.11 Å². The Hall–Kier alpha value is -1.09. The number of aliphatic hydroxyl groups excluding tert-OH is 1. The molecule has 20 heavy (non-hydrogen) atoms. The molecule has 0 fully saturated rings. The van der Waals surface area contributed by atoms with Crippen LogP contribution in [0.25, 0.3) is 0 Å². The lowest BCUT2D eigenvalue weighted by Gasteiger charge is -2.15. The first-order chi connectivity index (χ1) is 9.33. The third-order valence-electron chi connectivity index (χ3n) is 2.92. The molecule has 0 aromatic heterocycles. The van der Waals surface area contributed by atoms with E-state index < -0.39 is 38.7 Å². The summed E-state index contributed by atoms with van der Waals surface area (Å²) in [7, 11) is -2.26. The summed E-state index contributed by atoms with van der Waals surface area (Å²) in [5.74, 6) is -2.24. The molecule has 0 aliphatic heterocycles. The molecular formula is C12H18F2N2O3S. The number of benzene rings is 1. The molecule has 2 N–H and O–H groups in total. The Morgan fingerprint density at radius 1 is 1.35 bits per heavy atom. The minimum atomic E-state index is -4.07. The molecule has 0 aliphatic rings. The molecule has 0 radical (unpaired) electrons. The normalized spacial score (nSPS) is 12.1. The standard InChI is InChI=1S/C12H18F2N2O3S/c1-3-16(2)7-6-15-20(18,19)11-5-4-10(13)9(8-17)12(11)14/h4-5,15,17H,3,6-8H2,1-2H3. The minimum Gasteiger partial charge on any atom is -0.391 e. The number of hydrogen-bond acceptors (Lipinski definition) is 4. The van der Waals surface area contributed by atoms with E-state index in [9.17, 15) is 17.2 Å². The van der Waals surface area contributed by atoms with Crippen molar-refractivity contribution in [1.29, 1.82) is 0 Å². The molecule has 0 unspecified atom stereocenters. The van der Waals surface area contributed by atoms with E-state index >= 15 is 0 Å². The lowest BCUT2D eigenvalue weighted by Crippen LogP contribution is -2.33. The second kappa shape index (κ2) is 7.07. The van der Waals surface area contributed by atoms with Crippen LogP contribution in [0.4, 0.5) is 8.78 Å². The van der Waals surface area contributed by atoms with Crippen molar-refractivity contribution in [3.05, 3.63) is 29.3 Å². The van der Waals surface area contributed by atoms with E-state index in [-0.39, 0.29) is 6.54 Å². The third-order valence-corrected chi connectivity index (χ3v) is 4.40. The SMILES string of the molecule is CCN(C)CCNS(=O)(=O)c1ccc(F)c(CO)c1F. The van der Waals surface area contributed by atoms with Gasteiger partial charge in [0.15, 0.2) is 5.82 Å². The zero-order valence-electron chi connectivity index (χ0n) is 11.4. The highest BCUT2D eigenvalue weighted by molar-refractivity contribution is 7.89. The minimum absolute atomic E-state index is 0.109. The highest BCUT2D eigenvalue weighted by Crippen LogP contribution is 2.20. The predicted octanol–water partition coefficient (Wildman–Crippen LogP) is 0.687. The molecule has 1 aromatic rings. The number of sulfonamides is 1. The van der Waals surface area contributed by atoms with E-state index in [2.05, 4.69) is 4.72 Å². The zero-order chi connectivity index (χ0) is 15.3. The van der Waals surface area contributed by atoms with Gasteiger partial charge in [-0.3, -0.25) is 0 Å². The highest BCUT2D eigenvalue weighted by Gasteiger charge is 2.22. The summed E-state index contributed by atoms with van der Waals surface area (Å²) in [6.07, 6.45) is 0. The maximum absolute atomic E-state index is 13.9. The number of hydrogen-bond donors (Lipinski definition) is 2. The molecule has 0 aliphatic carbocycles. The molecule has 0 atom stereocenters. The summed E-state index contributed by atoms with van der Waals surface area (Å²) in [4.78, 5) is 1.21. The third kappa shape index (κ3) is 3.95. The van der Waals surface area contributed by atoms with Crippen LogP contribution in [-0.4, -0.2) is 45.1 Å². The van der Waals surface area contributed by atoms with Gasteiger partial charge in [-0.15, -0.1) is 0 Å². The monoisotopic (exact) mass is 308 g/mol. The Morgan fingerprint density at radius 2 is 2.00 bits per heavy atom. The molecule has 114 valence electrons. The molecule has 0 heterocycles. The summed E-state index contributed by atoms with van der Waals surface area (Å²) in [5, 5.41) is 8.87. The quantitative estimate of drug-likeness (QED) is 0.777. The molecule has 5 nitrogen and oxygen atoms in total. The molecule has 1 rings (SSSR count). The van der Waals surface area contributed by atoms with Gasteiger partial charge in [0.05, 0.1) is 12.2 Å². The first-order valence-electron chi connectivity index (χ1n) is 6.09. The molecule has 0 saturated carbocycles. The average Bonchev–Trinajstić information content (AvgIpc) is 2.38. The topological polar surface area (TPSA) is 69.6 Å². The highest BCUT2D eigenvalue weighted by atomic mass is 32.2. The van der Waals surface area contributed by atoms with Crippen molar-refractivity contribution >= 4 is 10.0 Å². The lowest BCUT2D eigenvalue weighted by atomic mass is 10.2. The van der Waals surface area contributed by atoms with Gasteiger partial charge in [0, 0.05) is 13.1 Å². The largest absolute Gasteiger partial charge is 0.391 e. The van der Waals surface area contributed by atoms with Crippen molar-refractivity contribution in [2.45, 2.75) is 18.4 Å². The Balaban J connectivity index is 2.93. The smallest absolute Gasteiger partial charge is 0.243 e. The molecule has 0 amide bonds. The lowest BCUT2D eigenvalue weighted by molar-refractivity contribution is 0.267. The van der Waals surface area contributed by atoms with Crippen LogP contribution in [0.2, 0.25) is 0 Å². The number of nitrogens with one attached hydrogen (secondary N) is 1. The van der Waals surface area contributed by atoms with Crippen molar-refractivity contribution in [3.63, 3.8) is 0 Å². The molecule has 0 spiro atoms. The molecule has 0 saturated heterocycles. The van der Waals surface area contributed by atoms with E-state index in [1.807, 2.05) is 18.9 Å². The van der Waals surface area contributed by atoms with Gasteiger partial charge in [0.25, 0.3) is 0 Å². The maximum atomic E-state index is 13.9. The van der Waals surface area contributed by atoms with Gasteiger partial charge >= 0.3 is 0 Å². The molecular weight excluding hydrogens is 290 g/mol. The van der Waals surface area contributed by atoms with Crippen molar-refractivity contribution in [1.82, 2.24) is 9.62 Å². The Bertz CT molecular complexity index is 564. The Morgan fingerprint density at radius 3 is 2.55 bits per heavy atom. The summed E-state index contributed by atoms with van der Waals surface area (Å²) in [6, 6.07) is 1.66. The fourth-order valence-electron chi connectivity index (χ4n) is 1.54. The Kier molecular flexibility index (Phi) is 6.00. The van der Waals surface area contributed by atoms with Gasteiger partial charge in [-0.1, -0.05) is 6.92 Å². The van der Waals surface area contributed by atoms with Gasteiger partial charge < -0.3 is 10.0 Å². The summed E-state index contributed by atoms with van der Waals surface area (Å²) >= 11 is 0. The van der Waals surface area contributed by atoms with Crippen LogP contribution in [0.15, 0.2) is 17.0 Å². The molecule has 8 heteroatoms. The first kappa shape index (κ1) is 17.0. The van der Waals surface area contributed by atoms with Crippen LogP contribution < -0.4 is 4.72 Å². The summed E-state index contributed by atoms with van der Waals surface area (Å²) in [5.41, 5.74) is -0.654. The van der Waals surface area contributed by atoms with Crippen LogP contribution in [0.5, 0.6) is 0 Å². The fourth-order valence-corrected chi connectivity index (χ4v) is 2.66. The van der Waals surface area contributed by atoms with E-state index in [0.29, 0.717) is 6.54 Å². The van der Waals surface area contributed by atoms with Crippen LogP contribution in [0.1, 0.15) is 12.5 Å². The van der Waals surface area contributed by atoms with Crippen molar-refractivity contribution < 1.29 is 22.3 Å². The van der Waals surface area contributed by atoms with Gasteiger partial charge in [-0.05, 0) is 25.7 Å². The van der Waals surface area contributed by atoms with E-state index in [1.54, 1.807) is 0 Å². The molecule has 0 bridgehead atoms. The summed E-state index contributed by atoms with van der Waals surface area (Å²) < 4.78 is 53.1. The van der Waals surface area contributed by atoms with Gasteiger partial charge in [0.2, 0.25) is 10.0 Å². The number of aliphatic hydroxyl groups is 1. The van der Waals surface area contributed by atoms with Crippen LogP contribution in [0, 0.1) is 11.6 Å². The number of nitrogens with zero attached hydrogens (tertiary/aromatic N) is 1. The van der Waals surface area contributed by atoms with Crippen molar-refractivity contribution in [2.75, 3.05) is 26.7 Å². The van der Waals surface area contributed by atoms with Crippen LogP contribution in [0.3, 0.4) is 0 Å². The van der Waals surface area contributed by atoms with Gasteiger partial charge in [-0.2, -0.15) is 0 Å². The Labute approximate surface area is 117 Å².